The van der Waals surface area contributed by atoms with Gasteiger partial charge in [0.2, 0.25) is 5.82 Å². The number of aryl methyl sites for hydroxylation is 1. The highest BCUT2D eigenvalue weighted by Crippen LogP contribution is 2.28. The molecule has 0 radical (unpaired) electrons. The second kappa shape index (κ2) is 5.48. The summed E-state index contributed by atoms with van der Waals surface area (Å²) in [5.41, 5.74) is 0.890. The zero-order valence-electron chi connectivity index (χ0n) is 10.3. The van der Waals surface area contributed by atoms with Crippen molar-refractivity contribution in [3.05, 3.63) is 69.5 Å². The monoisotopic (exact) mass is 261 g/mol. The van der Waals surface area contributed by atoms with Crippen molar-refractivity contribution < 1.29 is 14.1 Å². The number of halogens is 1. The third-order valence-electron chi connectivity index (χ3n) is 2.68. The van der Waals surface area contributed by atoms with Crippen molar-refractivity contribution in [3.63, 3.8) is 0 Å². The fraction of sp³-hybridized carbons (Fsp3) is 0.143. The van der Waals surface area contributed by atoms with Gasteiger partial charge >= 0.3 is 5.69 Å². The lowest BCUT2D eigenvalue weighted by atomic mass is 10.2. The van der Waals surface area contributed by atoms with Gasteiger partial charge in [-0.15, -0.1) is 0 Å². The van der Waals surface area contributed by atoms with Gasteiger partial charge in [-0.25, -0.2) is 0 Å². The summed E-state index contributed by atoms with van der Waals surface area (Å²) in [5, 5.41) is 10.7. The van der Waals surface area contributed by atoms with Crippen LogP contribution >= 0.6 is 0 Å². The minimum atomic E-state index is -0.852. The standard InChI is InChI=1S/C14H12FNO3/c1-10-7-12(15)13(16(17)18)8-14(10)19-9-11-5-3-2-4-6-11/h2-8H,9H2,1H3. The van der Waals surface area contributed by atoms with E-state index in [9.17, 15) is 14.5 Å². The predicted octanol–water partition coefficient (Wildman–Crippen LogP) is 3.62. The molecular formula is C14H12FNO3. The van der Waals surface area contributed by atoms with Crippen LogP contribution in [0.1, 0.15) is 11.1 Å². The van der Waals surface area contributed by atoms with Crippen molar-refractivity contribution in [2.24, 2.45) is 0 Å². The van der Waals surface area contributed by atoms with Gasteiger partial charge in [0.15, 0.2) is 0 Å². The van der Waals surface area contributed by atoms with Gasteiger partial charge in [-0.3, -0.25) is 10.1 Å². The Balaban J connectivity index is 2.21. The van der Waals surface area contributed by atoms with Crippen molar-refractivity contribution in [3.8, 4) is 5.75 Å². The number of ether oxygens (including phenoxy) is 1. The molecule has 0 aromatic heterocycles. The summed E-state index contributed by atoms with van der Waals surface area (Å²) in [7, 11) is 0. The van der Waals surface area contributed by atoms with E-state index in [4.69, 9.17) is 4.74 Å². The van der Waals surface area contributed by atoms with Gasteiger partial charge in [0, 0.05) is 0 Å². The molecule has 0 bridgehead atoms. The van der Waals surface area contributed by atoms with E-state index in [2.05, 4.69) is 0 Å². The molecule has 0 saturated carbocycles. The Morgan fingerprint density at radius 1 is 1.26 bits per heavy atom. The van der Waals surface area contributed by atoms with Crippen LogP contribution < -0.4 is 4.74 Å². The SMILES string of the molecule is Cc1cc(F)c([N+](=O)[O-])cc1OCc1ccccc1. The van der Waals surface area contributed by atoms with E-state index in [-0.39, 0.29) is 6.61 Å². The molecule has 2 aromatic rings. The number of hydrogen-bond donors (Lipinski definition) is 0. The first kappa shape index (κ1) is 13.0. The lowest BCUT2D eigenvalue weighted by Gasteiger charge is -2.09. The summed E-state index contributed by atoms with van der Waals surface area (Å²) < 4.78 is 18.8. The van der Waals surface area contributed by atoms with Crippen LogP contribution in [0.2, 0.25) is 0 Å². The Morgan fingerprint density at radius 3 is 2.58 bits per heavy atom. The molecule has 98 valence electrons. The Bertz CT molecular complexity index is 599. The van der Waals surface area contributed by atoms with E-state index in [0.717, 1.165) is 17.7 Å². The summed E-state index contributed by atoms with van der Waals surface area (Å²) in [6.07, 6.45) is 0. The summed E-state index contributed by atoms with van der Waals surface area (Å²) in [5.74, 6) is -0.536. The van der Waals surface area contributed by atoms with Gasteiger partial charge in [0.05, 0.1) is 11.0 Å². The average Bonchev–Trinajstić information content (AvgIpc) is 2.38. The maximum absolute atomic E-state index is 13.3. The van der Waals surface area contributed by atoms with Gasteiger partial charge in [0.25, 0.3) is 0 Å². The molecule has 5 heteroatoms. The fourth-order valence-electron chi connectivity index (χ4n) is 1.67. The molecule has 0 atom stereocenters. The van der Waals surface area contributed by atoms with Crippen LogP contribution in [0.15, 0.2) is 42.5 Å². The second-order valence-corrected chi connectivity index (χ2v) is 4.10. The minimum Gasteiger partial charge on any atom is -0.488 e. The van der Waals surface area contributed by atoms with Gasteiger partial charge < -0.3 is 4.74 Å². The summed E-state index contributed by atoms with van der Waals surface area (Å²) in [6, 6.07) is 11.6. The normalized spacial score (nSPS) is 10.2. The minimum absolute atomic E-state index is 0.282. The van der Waals surface area contributed by atoms with Crippen LogP contribution in [0.3, 0.4) is 0 Å². The van der Waals surface area contributed by atoms with Gasteiger partial charge in [-0.2, -0.15) is 4.39 Å². The summed E-state index contributed by atoms with van der Waals surface area (Å²) >= 11 is 0. The molecule has 0 aliphatic rings. The Kier molecular flexibility index (Phi) is 3.75. The highest BCUT2D eigenvalue weighted by atomic mass is 19.1. The van der Waals surface area contributed by atoms with E-state index in [1.165, 1.54) is 0 Å². The molecule has 0 aliphatic carbocycles. The van der Waals surface area contributed by atoms with E-state index >= 15 is 0 Å². The van der Waals surface area contributed by atoms with Crippen LogP contribution in [0.25, 0.3) is 0 Å². The van der Waals surface area contributed by atoms with Crippen LogP contribution in [0.5, 0.6) is 5.75 Å². The molecule has 0 fully saturated rings. The zero-order valence-corrected chi connectivity index (χ0v) is 10.3. The third kappa shape index (κ3) is 3.07. The van der Waals surface area contributed by atoms with Crippen LogP contribution in [0, 0.1) is 22.9 Å². The topological polar surface area (TPSA) is 52.4 Å². The Hall–Kier alpha value is -2.43. The molecule has 4 nitrogen and oxygen atoms in total. The molecule has 2 aromatic carbocycles. The first-order chi connectivity index (χ1) is 9.08. The van der Waals surface area contributed by atoms with E-state index in [0.29, 0.717) is 11.3 Å². The molecule has 19 heavy (non-hydrogen) atoms. The van der Waals surface area contributed by atoms with Crippen LogP contribution in [-0.2, 0) is 6.61 Å². The highest BCUT2D eigenvalue weighted by Gasteiger charge is 2.17. The predicted molar refractivity (Wildman–Crippen MR) is 68.6 cm³/mol. The van der Waals surface area contributed by atoms with Crippen LogP contribution in [0.4, 0.5) is 10.1 Å². The molecule has 0 N–H and O–H groups in total. The Morgan fingerprint density at radius 2 is 1.95 bits per heavy atom. The molecule has 0 unspecified atom stereocenters. The zero-order chi connectivity index (χ0) is 13.8. The second-order valence-electron chi connectivity index (χ2n) is 4.10. The van der Waals surface area contributed by atoms with Gasteiger partial charge in [-0.1, -0.05) is 30.3 Å². The lowest BCUT2D eigenvalue weighted by molar-refractivity contribution is -0.387. The number of hydrogen-bond acceptors (Lipinski definition) is 3. The fourth-order valence-corrected chi connectivity index (χ4v) is 1.67. The molecule has 2 rings (SSSR count). The molecular weight excluding hydrogens is 249 g/mol. The van der Waals surface area contributed by atoms with Crippen molar-refractivity contribution in [2.45, 2.75) is 13.5 Å². The van der Waals surface area contributed by atoms with Crippen LogP contribution in [-0.4, -0.2) is 4.92 Å². The molecule has 0 aliphatic heterocycles. The largest absolute Gasteiger partial charge is 0.488 e. The number of nitro benzene ring substituents is 1. The van der Waals surface area contributed by atoms with Gasteiger partial charge in [0.1, 0.15) is 12.4 Å². The van der Waals surface area contributed by atoms with Gasteiger partial charge in [-0.05, 0) is 24.1 Å². The van der Waals surface area contributed by atoms with E-state index in [1.807, 2.05) is 30.3 Å². The first-order valence-electron chi connectivity index (χ1n) is 5.69. The van der Waals surface area contributed by atoms with E-state index < -0.39 is 16.4 Å². The molecule has 0 spiro atoms. The first-order valence-corrected chi connectivity index (χ1v) is 5.69. The number of rotatable bonds is 4. The number of nitrogens with zero attached hydrogens (tertiary/aromatic N) is 1. The quantitative estimate of drug-likeness (QED) is 0.624. The van der Waals surface area contributed by atoms with Crippen molar-refractivity contribution in [1.29, 1.82) is 0 Å². The molecule has 0 saturated heterocycles. The maximum atomic E-state index is 13.3. The van der Waals surface area contributed by atoms with Crippen molar-refractivity contribution >= 4 is 5.69 Å². The summed E-state index contributed by atoms with van der Waals surface area (Å²) in [6.45, 7) is 1.93. The highest BCUT2D eigenvalue weighted by molar-refractivity contribution is 5.45. The lowest BCUT2D eigenvalue weighted by Crippen LogP contribution is -2.00. The maximum Gasteiger partial charge on any atom is 0.308 e. The Labute approximate surface area is 109 Å². The van der Waals surface area contributed by atoms with E-state index in [1.54, 1.807) is 6.92 Å². The van der Waals surface area contributed by atoms with Crippen molar-refractivity contribution in [1.82, 2.24) is 0 Å². The van der Waals surface area contributed by atoms with Crippen molar-refractivity contribution in [2.75, 3.05) is 0 Å². The summed E-state index contributed by atoms with van der Waals surface area (Å²) in [4.78, 5) is 9.91. The number of nitro groups is 1. The third-order valence-corrected chi connectivity index (χ3v) is 2.68. The number of benzene rings is 2. The average molecular weight is 261 g/mol. The molecule has 0 amide bonds. The molecule has 0 heterocycles. The smallest absolute Gasteiger partial charge is 0.308 e.